The SMILES string of the molecule is CC(C)=C[C@@H]1[C@H](C(=O)N2CCC[C@H]2c2nc3ccc(C)cc3[nH]2)C1(C)C. The molecule has 0 radical (unpaired) electrons. The molecule has 1 N–H and O–H groups in total. The first kappa shape index (κ1) is 17.3. The second-order valence-corrected chi connectivity index (χ2v) is 8.90. The molecule has 3 atom stereocenters. The van der Waals surface area contributed by atoms with Gasteiger partial charge in [0.05, 0.1) is 23.0 Å². The van der Waals surface area contributed by atoms with E-state index in [0.717, 1.165) is 36.2 Å². The number of aryl methyl sites for hydroxylation is 1. The van der Waals surface area contributed by atoms with E-state index in [2.05, 4.69) is 68.8 Å². The topological polar surface area (TPSA) is 49.0 Å². The predicted octanol–water partition coefficient (Wildman–Crippen LogP) is 4.77. The number of hydrogen-bond donors (Lipinski definition) is 1. The zero-order valence-corrected chi connectivity index (χ0v) is 16.5. The van der Waals surface area contributed by atoms with Crippen molar-refractivity contribution in [2.45, 2.75) is 53.5 Å². The number of imidazole rings is 1. The number of H-pyrrole nitrogens is 1. The van der Waals surface area contributed by atoms with E-state index in [1.807, 2.05) is 0 Å². The number of aromatic amines is 1. The van der Waals surface area contributed by atoms with Crippen LogP contribution in [0, 0.1) is 24.2 Å². The number of amides is 1. The van der Waals surface area contributed by atoms with Gasteiger partial charge in [0, 0.05) is 6.54 Å². The first-order chi connectivity index (χ1) is 12.3. The third-order valence-corrected chi connectivity index (χ3v) is 6.20. The maximum Gasteiger partial charge on any atom is 0.227 e. The Morgan fingerprint density at radius 2 is 2.12 bits per heavy atom. The fourth-order valence-corrected chi connectivity index (χ4v) is 4.61. The fourth-order valence-electron chi connectivity index (χ4n) is 4.61. The molecular weight excluding hydrogens is 322 g/mol. The van der Waals surface area contributed by atoms with E-state index in [9.17, 15) is 4.79 Å². The van der Waals surface area contributed by atoms with Crippen LogP contribution in [0.3, 0.4) is 0 Å². The van der Waals surface area contributed by atoms with Crippen LogP contribution < -0.4 is 0 Å². The standard InChI is InChI=1S/C22H29N3O/c1-13(2)11-15-19(22(15,4)5)21(26)25-10-6-7-18(25)20-23-16-9-8-14(3)12-17(16)24-20/h8-9,11-12,15,18-19H,6-7,10H2,1-5H3,(H,23,24)/t15-,18+,19-/m1/s1. The van der Waals surface area contributed by atoms with Crippen LogP contribution in [0.25, 0.3) is 11.0 Å². The van der Waals surface area contributed by atoms with Crippen molar-refractivity contribution in [3.63, 3.8) is 0 Å². The van der Waals surface area contributed by atoms with Crippen LogP contribution >= 0.6 is 0 Å². The average molecular weight is 351 g/mol. The van der Waals surface area contributed by atoms with Crippen molar-refractivity contribution in [2.75, 3.05) is 6.54 Å². The highest BCUT2D eigenvalue weighted by Gasteiger charge is 2.62. The van der Waals surface area contributed by atoms with Gasteiger partial charge in [-0.2, -0.15) is 0 Å². The molecule has 0 bridgehead atoms. The van der Waals surface area contributed by atoms with Crippen molar-refractivity contribution in [3.8, 4) is 0 Å². The van der Waals surface area contributed by atoms with Gasteiger partial charge >= 0.3 is 0 Å². The summed E-state index contributed by atoms with van der Waals surface area (Å²) in [6, 6.07) is 6.35. The van der Waals surface area contributed by atoms with Crippen molar-refractivity contribution >= 4 is 16.9 Å². The summed E-state index contributed by atoms with van der Waals surface area (Å²) in [5, 5.41) is 0. The van der Waals surface area contributed by atoms with E-state index in [0.29, 0.717) is 11.8 Å². The quantitative estimate of drug-likeness (QED) is 0.810. The molecule has 26 heavy (non-hydrogen) atoms. The summed E-state index contributed by atoms with van der Waals surface area (Å²) in [7, 11) is 0. The van der Waals surface area contributed by atoms with E-state index in [1.165, 1.54) is 11.1 Å². The number of carbonyl (C=O) groups excluding carboxylic acids is 1. The molecule has 2 aliphatic rings. The van der Waals surface area contributed by atoms with Gasteiger partial charge in [0.15, 0.2) is 0 Å². The highest BCUT2D eigenvalue weighted by atomic mass is 16.2. The van der Waals surface area contributed by atoms with Gasteiger partial charge in [-0.05, 0) is 62.6 Å². The van der Waals surface area contributed by atoms with E-state index < -0.39 is 0 Å². The van der Waals surface area contributed by atoms with Crippen molar-refractivity contribution in [2.24, 2.45) is 17.3 Å². The maximum atomic E-state index is 13.3. The molecule has 4 rings (SSSR count). The van der Waals surface area contributed by atoms with Crippen LogP contribution in [-0.2, 0) is 4.79 Å². The van der Waals surface area contributed by atoms with Gasteiger partial charge in [0.1, 0.15) is 5.82 Å². The fraction of sp³-hybridized carbons (Fsp3) is 0.545. The molecule has 1 amide bonds. The number of nitrogens with zero attached hydrogens (tertiary/aromatic N) is 2. The Labute approximate surface area is 155 Å². The molecule has 2 fully saturated rings. The van der Waals surface area contributed by atoms with Crippen LogP contribution in [0.4, 0.5) is 0 Å². The molecule has 0 unspecified atom stereocenters. The first-order valence-electron chi connectivity index (χ1n) is 9.71. The van der Waals surface area contributed by atoms with Crippen LogP contribution in [0.1, 0.15) is 58.0 Å². The summed E-state index contributed by atoms with van der Waals surface area (Å²) >= 11 is 0. The Morgan fingerprint density at radius 1 is 1.35 bits per heavy atom. The summed E-state index contributed by atoms with van der Waals surface area (Å²) in [4.78, 5) is 23.7. The lowest BCUT2D eigenvalue weighted by atomic mass is 10.1. The molecule has 1 saturated heterocycles. The van der Waals surface area contributed by atoms with Crippen molar-refractivity contribution in [1.82, 2.24) is 14.9 Å². The number of fused-ring (bicyclic) bond motifs is 1. The van der Waals surface area contributed by atoms with E-state index in [1.54, 1.807) is 0 Å². The number of rotatable bonds is 3. The molecule has 138 valence electrons. The van der Waals surface area contributed by atoms with Gasteiger partial charge in [0.2, 0.25) is 5.91 Å². The first-order valence-corrected chi connectivity index (χ1v) is 9.71. The molecule has 4 nitrogen and oxygen atoms in total. The molecule has 0 spiro atoms. The zero-order valence-electron chi connectivity index (χ0n) is 16.5. The van der Waals surface area contributed by atoms with E-state index in [4.69, 9.17) is 4.98 Å². The molecule has 1 saturated carbocycles. The Hall–Kier alpha value is -2.10. The maximum absolute atomic E-state index is 13.3. The van der Waals surface area contributed by atoms with Gasteiger partial charge < -0.3 is 9.88 Å². The number of hydrogen-bond acceptors (Lipinski definition) is 2. The highest BCUT2D eigenvalue weighted by Crippen LogP contribution is 2.60. The number of benzene rings is 1. The van der Waals surface area contributed by atoms with Gasteiger partial charge in [0.25, 0.3) is 0 Å². The normalized spacial score (nSPS) is 27.0. The third-order valence-electron chi connectivity index (χ3n) is 6.20. The van der Waals surface area contributed by atoms with Crippen LogP contribution in [0.5, 0.6) is 0 Å². The molecule has 1 aromatic heterocycles. The van der Waals surface area contributed by atoms with Crippen LogP contribution in [0.15, 0.2) is 29.8 Å². The number of carbonyl (C=O) groups is 1. The third kappa shape index (κ3) is 2.76. The van der Waals surface area contributed by atoms with Gasteiger partial charge in [-0.15, -0.1) is 0 Å². The molecule has 4 heteroatoms. The van der Waals surface area contributed by atoms with Crippen molar-refractivity contribution in [3.05, 3.63) is 41.2 Å². The molecule has 1 aliphatic heterocycles. The second-order valence-electron chi connectivity index (χ2n) is 8.90. The Bertz CT molecular complexity index is 888. The monoisotopic (exact) mass is 351 g/mol. The number of allylic oxidation sites excluding steroid dienone is 2. The minimum absolute atomic E-state index is 0.0620. The second kappa shape index (κ2) is 5.97. The number of likely N-dealkylation sites (tertiary alicyclic amines) is 1. The minimum Gasteiger partial charge on any atom is -0.340 e. The molecule has 2 heterocycles. The molecular formula is C22H29N3O. The van der Waals surface area contributed by atoms with Crippen LogP contribution in [-0.4, -0.2) is 27.3 Å². The lowest BCUT2D eigenvalue weighted by Gasteiger charge is -2.24. The smallest absolute Gasteiger partial charge is 0.227 e. The minimum atomic E-state index is 0.0620. The van der Waals surface area contributed by atoms with Crippen LogP contribution in [0.2, 0.25) is 0 Å². The predicted molar refractivity (Wildman–Crippen MR) is 105 cm³/mol. The number of nitrogens with one attached hydrogen (secondary N) is 1. The van der Waals surface area contributed by atoms with Gasteiger partial charge in [-0.3, -0.25) is 4.79 Å². The van der Waals surface area contributed by atoms with E-state index in [-0.39, 0.29) is 17.4 Å². The summed E-state index contributed by atoms with van der Waals surface area (Å²) in [5.74, 6) is 1.70. The summed E-state index contributed by atoms with van der Waals surface area (Å²) < 4.78 is 0. The summed E-state index contributed by atoms with van der Waals surface area (Å²) in [6.07, 6.45) is 4.32. The largest absolute Gasteiger partial charge is 0.340 e. The average Bonchev–Trinajstić information content (AvgIpc) is 2.97. The summed E-state index contributed by atoms with van der Waals surface area (Å²) in [5.41, 5.74) is 4.62. The zero-order chi connectivity index (χ0) is 18.6. The van der Waals surface area contributed by atoms with Crippen molar-refractivity contribution < 1.29 is 4.79 Å². The lowest BCUT2D eigenvalue weighted by Crippen LogP contribution is -2.33. The van der Waals surface area contributed by atoms with Gasteiger partial charge in [-0.1, -0.05) is 31.6 Å². The molecule has 1 aliphatic carbocycles. The Kier molecular flexibility index (Phi) is 3.98. The molecule has 2 aromatic rings. The summed E-state index contributed by atoms with van der Waals surface area (Å²) in [6.45, 7) is 11.6. The Balaban J connectivity index is 1.60. The Morgan fingerprint density at radius 3 is 2.85 bits per heavy atom. The highest BCUT2D eigenvalue weighted by molar-refractivity contribution is 5.84. The lowest BCUT2D eigenvalue weighted by molar-refractivity contribution is -0.134. The molecule has 1 aromatic carbocycles. The number of aromatic nitrogens is 2. The van der Waals surface area contributed by atoms with E-state index >= 15 is 0 Å². The van der Waals surface area contributed by atoms with Gasteiger partial charge in [-0.25, -0.2) is 4.98 Å². The van der Waals surface area contributed by atoms with Crippen molar-refractivity contribution in [1.29, 1.82) is 0 Å².